The van der Waals surface area contributed by atoms with Gasteiger partial charge in [-0.25, -0.2) is 0 Å². The molecule has 76 valence electrons. The van der Waals surface area contributed by atoms with E-state index in [1.165, 1.54) is 19.2 Å². The van der Waals surface area contributed by atoms with Crippen LogP contribution in [0.15, 0.2) is 18.2 Å². The number of nitro benzene ring substituents is 1. The number of nitro groups is 1. The van der Waals surface area contributed by atoms with Gasteiger partial charge in [-0.3, -0.25) is 14.9 Å². The Morgan fingerprint density at radius 3 is 2.80 bits per heavy atom. The van der Waals surface area contributed by atoms with Gasteiger partial charge >= 0.3 is 0 Å². The number of methoxy groups -OCH3 is 1. The lowest BCUT2D eigenvalue weighted by Crippen LogP contribution is -1.95. The van der Waals surface area contributed by atoms with Crippen molar-refractivity contribution in [3.05, 3.63) is 33.9 Å². The van der Waals surface area contributed by atoms with Crippen molar-refractivity contribution in [1.82, 2.24) is 0 Å². The van der Waals surface area contributed by atoms with Gasteiger partial charge in [-0.2, -0.15) is 0 Å². The summed E-state index contributed by atoms with van der Waals surface area (Å²) in [6, 6.07) is 4.34. The van der Waals surface area contributed by atoms with Gasteiger partial charge in [-0.15, -0.1) is 0 Å². The summed E-state index contributed by atoms with van der Waals surface area (Å²) in [6.45, 7) is 0. The number of nitrogens with zero attached hydrogens (tertiary/aromatic N) is 1. The van der Waals surface area contributed by atoms with Crippen LogP contribution in [0.5, 0.6) is 5.75 Å². The van der Waals surface area contributed by atoms with Crippen molar-refractivity contribution >= 4 is 12.0 Å². The Morgan fingerprint density at radius 1 is 1.53 bits per heavy atom. The fraction of sp³-hybridized carbons (Fsp3) is 0.100. The Bertz CT molecular complexity index is 456. The quantitative estimate of drug-likeness (QED) is 0.314. The largest absolute Gasteiger partial charge is 0.495 e. The smallest absolute Gasteiger partial charge is 0.288 e. The number of carbonyl (C=O) groups is 1. The van der Waals surface area contributed by atoms with E-state index in [2.05, 4.69) is 11.8 Å². The summed E-state index contributed by atoms with van der Waals surface area (Å²) in [6.07, 6.45) is 0.371. The van der Waals surface area contributed by atoms with Gasteiger partial charge in [-0.05, 0) is 17.9 Å². The van der Waals surface area contributed by atoms with Crippen molar-refractivity contribution in [2.24, 2.45) is 0 Å². The van der Waals surface area contributed by atoms with E-state index < -0.39 is 4.92 Å². The Labute approximate surface area is 85.8 Å². The maximum absolute atomic E-state index is 10.6. The first kappa shape index (κ1) is 10.7. The molecule has 0 saturated carbocycles. The fourth-order valence-corrected chi connectivity index (χ4v) is 1.07. The molecule has 1 aromatic rings. The Kier molecular flexibility index (Phi) is 3.41. The van der Waals surface area contributed by atoms with Crippen LogP contribution < -0.4 is 4.74 Å². The van der Waals surface area contributed by atoms with Crippen molar-refractivity contribution in [1.29, 1.82) is 0 Å². The lowest BCUT2D eigenvalue weighted by molar-refractivity contribution is -0.385. The minimum Gasteiger partial charge on any atom is -0.495 e. The molecule has 0 saturated heterocycles. The highest BCUT2D eigenvalue weighted by molar-refractivity contribution is 5.75. The molecule has 5 heteroatoms. The Balaban J connectivity index is 3.39. The number of aldehydes is 1. The minimum atomic E-state index is -0.572. The average Bonchev–Trinajstić information content (AvgIpc) is 2.25. The summed E-state index contributed by atoms with van der Waals surface area (Å²) in [5.41, 5.74) is -0.0687. The lowest BCUT2D eigenvalue weighted by atomic mass is 10.1. The highest BCUT2D eigenvalue weighted by Crippen LogP contribution is 2.26. The van der Waals surface area contributed by atoms with Gasteiger partial charge in [-0.1, -0.05) is 6.07 Å². The van der Waals surface area contributed by atoms with Crippen LogP contribution in [0.3, 0.4) is 0 Å². The van der Waals surface area contributed by atoms with Crippen molar-refractivity contribution < 1.29 is 14.5 Å². The second-order valence-electron chi connectivity index (χ2n) is 2.50. The number of hydrogen-bond donors (Lipinski definition) is 0. The van der Waals surface area contributed by atoms with E-state index in [-0.39, 0.29) is 17.0 Å². The van der Waals surface area contributed by atoms with E-state index in [1.54, 1.807) is 6.07 Å². The molecule has 1 aromatic carbocycles. The van der Waals surface area contributed by atoms with Crippen LogP contribution in [-0.4, -0.2) is 18.3 Å². The summed E-state index contributed by atoms with van der Waals surface area (Å²) in [4.78, 5) is 20.1. The van der Waals surface area contributed by atoms with E-state index in [0.717, 1.165) is 0 Å². The number of carbonyl (C=O) groups excluding carboxylic acids is 1. The molecule has 5 nitrogen and oxygen atoms in total. The van der Waals surface area contributed by atoms with Gasteiger partial charge in [0.05, 0.1) is 12.0 Å². The molecule has 0 N–H and O–H groups in total. The van der Waals surface area contributed by atoms with Gasteiger partial charge in [0.25, 0.3) is 5.69 Å². The number of hydrogen-bond acceptors (Lipinski definition) is 4. The maximum atomic E-state index is 10.6. The molecule has 0 bridgehead atoms. The molecule has 0 amide bonds. The van der Waals surface area contributed by atoms with Crippen LogP contribution in [0.25, 0.3) is 0 Å². The second kappa shape index (κ2) is 4.77. The zero-order valence-corrected chi connectivity index (χ0v) is 7.89. The predicted molar refractivity (Wildman–Crippen MR) is 52.6 cm³/mol. The first-order chi connectivity index (χ1) is 7.20. The zero-order chi connectivity index (χ0) is 11.3. The first-order valence-electron chi connectivity index (χ1n) is 3.97. The third-order valence-electron chi connectivity index (χ3n) is 1.68. The normalized spacial score (nSPS) is 8.60. The molecule has 0 heterocycles. The summed E-state index contributed by atoms with van der Waals surface area (Å²) >= 11 is 0. The van der Waals surface area contributed by atoms with E-state index in [1.807, 2.05) is 0 Å². The molecule has 0 spiro atoms. The number of ether oxygens (including phenoxy) is 1. The highest BCUT2D eigenvalue weighted by Gasteiger charge is 2.15. The summed E-state index contributed by atoms with van der Waals surface area (Å²) < 4.78 is 4.91. The number of rotatable bonds is 2. The third-order valence-corrected chi connectivity index (χ3v) is 1.68. The van der Waals surface area contributed by atoms with Gasteiger partial charge < -0.3 is 4.74 Å². The van der Waals surface area contributed by atoms with Crippen LogP contribution in [0.4, 0.5) is 5.69 Å². The minimum absolute atomic E-state index is 0.108. The van der Waals surface area contributed by atoms with E-state index in [4.69, 9.17) is 4.74 Å². The molecule has 0 aliphatic carbocycles. The average molecular weight is 205 g/mol. The van der Waals surface area contributed by atoms with Gasteiger partial charge in [0.2, 0.25) is 0 Å². The van der Waals surface area contributed by atoms with Crippen molar-refractivity contribution in [2.45, 2.75) is 0 Å². The molecular weight excluding hydrogens is 198 g/mol. The van der Waals surface area contributed by atoms with Crippen LogP contribution >= 0.6 is 0 Å². The lowest BCUT2D eigenvalue weighted by Gasteiger charge is -2.02. The first-order valence-corrected chi connectivity index (χ1v) is 3.97. The van der Waals surface area contributed by atoms with Crippen LogP contribution in [0.1, 0.15) is 5.56 Å². The van der Waals surface area contributed by atoms with E-state index in [0.29, 0.717) is 6.29 Å². The van der Waals surface area contributed by atoms with Crippen molar-refractivity contribution in [2.75, 3.05) is 7.11 Å². The molecule has 0 radical (unpaired) electrons. The molecule has 0 aliphatic heterocycles. The number of benzene rings is 1. The molecule has 1 rings (SSSR count). The Morgan fingerprint density at radius 2 is 2.27 bits per heavy atom. The maximum Gasteiger partial charge on any atom is 0.288 e. The zero-order valence-electron chi connectivity index (χ0n) is 7.89. The SMILES string of the molecule is COc1cccc([N+](=O)[O-])c1C#CC=O. The van der Waals surface area contributed by atoms with Crippen molar-refractivity contribution in [3.8, 4) is 17.6 Å². The predicted octanol–water partition coefficient (Wildman–Crippen LogP) is 1.15. The van der Waals surface area contributed by atoms with Gasteiger partial charge in [0.15, 0.2) is 6.29 Å². The van der Waals surface area contributed by atoms with E-state index in [9.17, 15) is 14.9 Å². The third kappa shape index (κ3) is 2.31. The molecular formula is C10H7NO4. The molecule has 0 aliphatic rings. The molecule has 0 unspecified atom stereocenters. The fourth-order valence-electron chi connectivity index (χ4n) is 1.07. The standard InChI is InChI=1S/C10H7NO4/c1-15-10-6-2-5-9(11(13)14)8(10)4-3-7-12/h2,5-7H,1H3. The molecule has 0 aromatic heterocycles. The monoisotopic (exact) mass is 205 g/mol. The molecule has 0 atom stereocenters. The molecule has 15 heavy (non-hydrogen) atoms. The van der Waals surface area contributed by atoms with Gasteiger partial charge in [0.1, 0.15) is 11.3 Å². The van der Waals surface area contributed by atoms with Gasteiger partial charge in [0, 0.05) is 6.07 Å². The van der Waals surface area contributed by atoms with Crippen LogP contribution in [-0.2, 0) is 4.79 Å². The second-order valence-corrected chi connectivity index (χ2v) is 2.50. The van der Waals surface area contributed by atoms with E-state index >= 15 is 0 Å². The van der Waals surface area contributed by atoms with Crippen molar-refractivity contribution in [3.63, 3.8) is 0 Å². The van der Waals surface area contributed by atoms with Crippen LogP contribution in [0.2, 0.25) is 0 Å². The summed E-state index contributed by atoms with van der Waals surface area (Å²) in [7, 11) is 1.38. The Hall–Kier alpha value is -2.35. The molecule has 0 fully saturated rings. The topological polar surface area (TPSA) is 69.4 Å². The summed E-state index contributed by atoms with van der Waals surface area (Å²) in [5.74, 6) is 4.78. The van der Waals surface area contributed by atoms with Crippen LogP contribution in [0, 0.1) is 22.0 Å². The summed E-state index contributed by atoms with van der Waals surface area (Å²) in [5, 5.41) is 10.6. The highest BCUT2D eigenvalue weighted by atomic mass is 16.6.